The number of carbonyl (C=O) groups is 2. The molecule has 0 atom stereocenters. The summed E-state index contributed by atoms with van der Waals surface area (Å²) in [4.78, 5) is 25.4. The van der Waals surface area contributed by atoms with Crippen LogP contribution in [-0.2, 0) is 11.3 Å². The summed E-state index contributed by atoms with van der Waals surface area (Å²) in [5.41, 5.74) is 3.13. The molecule has 0 fully saturated rings. The molecular formula is C17H13N3O2. The molecule has 108 valence electrons. The number of rotatable bonds is 3. The third-order valence-electron chi connectivity index (χ3n) is 3.52. The summed E-state index contributed by atoms with van der Waals surface area (Å²) in [6.07, 6.45) is -0.179. The van der Waals surface area contributed by atoms with Crippen LogP contribution in [0.1, 0.15) is 22.3 Å². The maximum absolute atomic E-state index is 12.4. The van der Waals surface area contributed by atoms with Crippen molar-refractivity contribution in [3.63, 3.8) is 0 Å². The van der Waals surface area contributed by atoms with E-state index in [-0.39, 0.29) is 18.2 Å². The molecule has 1 N–H and O–H groups in total. The van der Waals surface area contributed by atoms with Crippen molar-refractivity contribution in [3.8, 4) is 6.07 Å². The Morgan fingerprint density at radius 1 is 1.18 bits per heavy atom. The Morgan fingerprint density at radius 3 is 2.59 bits per heavy atom. The quantitative estimate of drug-likeness (QED) is 0.945. The Labute approximate surface area is 127 Å². The predicted octanol–water partition coefficient (Wildman–Crippen LogP) is 2.70. The second-order valence-corrected chi connectivity index (χ2v) is 4.98. The van der Waals surface area contributed by atoms with Gasteiger partial charge in [-0.3, -0.25) is 9.59 Å². The number of hydrogen-bond acceptors (Lipinski definition) is 3. The Hall–Kier alpha value is -3.13. The van der Waals surface area contributed by atoms with Gasteiger partial charge in [0.25, 0.3) is 5.91 Å². The lowest BCUT2D eigenvalue weighted by atomic mass is 10.1. The number of benzene rings is 2. The minimum Gasteiger partial charge on any atom is -0.325 e. The standard InChI is InChI=1S/C17H13N3O2/c18-10-9-16(21)19-13-5-7-14(8-6-13)20-11-12-3-1-2-4-15(12)17(20)22/h1-8H,9,11H2,(H,19,21). The van der Waals surface area contributed by atoms with E-state index in [4.69, 9.17) is 5.26 Å². The number of carbonyl (C=O) groups excluding carboxylic acids is 2. The van der Waals surface area contributed by atoms with E-state index in [1.54, 1.807) is 35.2 Å². The number of nitrogens with zero attached hydrogens (tertiary/aromatic N) is 2. The Kier molecular flexibility index (Phi) is 3.58. The zero-order valence-corrected chi connectivity index (χ0v) is 11.7. The van der Waals surface area contributed by atoms with Crippen LogP contribution in [0.3, 0.4) is 0 Å². The van der Waals surface area contributed by atoms with E-state index in [1.807, 2.05) is 24.3 Å². The van der Waals surface area contributed by atoms with Gasteiger partial charge in [0.15, 0.2) is 0 Å². The van der Waals surface area contributed by atoms with E-state index in [2.05, 4.69) is 5.32 Å². The van der Waals surface area contributed by atoms with Gasteiger partial charge in [-0.1, -0.05) is 18.2 Å². The molecule has 3 rings (SSSR count). The number of amides is 2. The van der Waals surface area contributed by atoms with Gasteiger partial charge in [0.1, 0.15) is 6.42 Å². The van der Waals surface area contributed by atoms with Crippen molar-refractivity contribution in [2.24, 2.45) is 0 Å². The van der Waals surface area contributed by atoms with Crippen molar-refractivity contribution in [1.29, 1.82) is 5.26 Å². The topological polar surface area (TPSA) is 73.2 Å². The van der Waals surface area contributed by atoms with Crippen LogP contribution in [0.5, 0.6) is 0 Å². The highest BCUT2D eigenvalue weighted by molar-refractivity contribution is 6.10. The van der Waals surface area contributed by atoms with Crippen LogP contribution in [0.15, 0.2) is 48.5 Å². The lowest BCUT2D eigenvalue weighted by molar-refractivity contribution is -0.115. The molecule has 0 aliphatic carbocycles. The van der Waals surface area contributed by atoms with Gasteiger partial charge in [0.2, 0.25) is 5.91 Å². The summed E-state index contributed by atoms with van der Waals surface area (Å²) in [6.45, 7) is 0.551. The molecule has 2 aromatic carbocycles. The normalized spacial score (nSPS) is 12.7. The number of fused-ring (bicyclic) bond motifs is 1. The summed E-state index contributed by atoms with van der Waals surface area (Å²) in [7, 11) is 0. The molecule has 0 aromatic heterocycles. The highest BCUT2D eigenvalue weighted by atomic mass is 16.2. The minimum atomic E-state index is -0.347. The molecule has 1 heterocycles. The molecule has 2 amide bonds. The Balaban J connectivity index is 1.76. The number of anilines is 2. The average Bonchev–Trinajstić information content (AvgIpc) is 2.86. The molecule has 0 saturated heterocycles. The first-order valence-electron chi connectivity index (χ1n) is 6.85. The number of nitriles is 1. The van der Waals surface area contributed by atoms with E-state index in [1.165, 1.54) is 0 Å². The van der Waals surface area contributed by atoms with Crippen LogP contribution in [0.4, 0.5) is 11.4 Å². The fourth-order valence-electron chi connectivity index (χ4n) is 2.46. The first-order valence-corrected chi connectivity index (χ1v) is 6.85. The van der Waals surface area contributed by atoms with E-state index >= 15 is 0 Å². The first-order chi connectivity index (χ1) is 10.7. The number of hydrogen-bond donors (Lipinski definition) is 1. The van der Waals surface area contributed by atoms with Gasteiger partial charge in [0.05, 0.1) is 12.6 Å². The van der Waals surface area contributed by atoms with Crippen molar-refractivity contribution in [2.45, 2.75) is 13.0 Å². The number of nitrogens with one attached hydrogen (secondary N) is 1. The molecule has 0 bridgehead atoms. The van der Waals surface area contributed by atoms with Gasteiger partial charge in [-0.15, -0.1) is 0 Å². The van der Waals surface area contributed by atoms with Gasteiger partial charge in [-0.25, -0.2) is 0 Å². The van der Waals surface area contributed by atoms with Gasteiger partial charge < -0.3 is 10.2 Å². The predicted molar refractivity (Wildman–Crippen MR) is 82.3 cm³/mol. The third kappa shape index (κ3) is 2.54. The Morgan fingerprint density at radius 2 is 1.91 bits per heavy atom. The second-order valence-electron chi connectivity index (χ2n) is 4.98. The van der Waals surface area contributed by atoms with Crippen LogP contribution < -0.4 is 10.2 Å². The highest BCUT2D eigenvalue weighted by Gasteiger charge is 2.27. The molecule has 1 aliphatic heterocycles. The van der Waals surface area contributed by atoms with E-state index < -0.39 is 0 Å². The molecule has 0 spiro atoms. The zero-order chi connectivity index (χ0) is 15.5. The smallest absolute Gasteiger partial charge is 0.258 e. The average molecular weight is 291 g/mol. The molecular weight excluding hydrogens is 278 g/mol. The van der Waals surface area contributed by atoms with Gasteiger partial charge in [0, 0.05) is 16.9 Å². The summed E-state index contributed by atoms with van der Waals surface area (Å²) in [5.74, 6) is -0.364. The highest BCUT2D eigenvalue weighted by Crippen LogP contribution is 2.28. The lowest BCUT2D eigenvalue weighted by Crippen LogP contribution is -2.22. The zero-order valence-electron chi connectivity index (χ0n) is 11.7. The molecule has 5 nitrogen and oxygen atoms in total. The SMILES string of the molecule is N#CCC(=O)Nc1ccc(N2Cc3ccccc3C2=O)cc1. The molecule has 0 radical (unpaired) electrons. The van der Waals surface area contributed by atoms with Crippen LogP contribution >= 0.6 is 0 Å². The molecule has 1 aliphatic rings. The molecule has 0 unspecified atom stereocenters. The summed E-state index contributed by atoms with van der Waals surface area (Å²) >= 11 is 0. The van der Waals surface area contributed by atoms with Crippen LogP contribution in [0.25, 0.3) is 0 Å². The van der Waals surface area contributed by atoms with Gasteiger partial charge >= 0.3 is 0 Å². The second kappa shape index (κ2) is 5.70. The first kappa shape index (κ1) is 13.8. The lowest BCUT2D eigenvalue weighted by Gasteiger charge is -2.16. The molecule has 0 saturated carbocycles. The molecule has 5 heteroatoms. The summed E-state index contributed by atoms with van der Waals surface area (Å²) < 4.78 is 0. The molecule has 2 aromatic rings. The van der Waals surface area contributed by atoms with E-state index in [0.29, 0.717) is 12.2 Å². The maximum Gasteiger partial charge on any atom is 0.258 e. The largest absolute Gasteiger partial charge is 0.325 e. The minimum absolute atomic E-state index is 0.0168. The van der Waals surface area contributed by atoms with Crippen molar-refractivity contribution in [3.05, 3.63) is 59.7 Å². The van der Waals surface area contributed by atoms with Crippen molar-refractivity contribution >= 4 is 23.2 Å². The van der Waals surface area contributed by atoms with Crippen molar-refractivity contribution in [1.82, 2.24) is 0 Å². The van der Waals surface area contributed by atoms with E-state index in [0.717, 1.165) is 16.8 Å². The molecule has 22 heavy (non-hydrogen) atoms. The van der Waals surface area contributed by atoms with Crippen molar-refractivity contribution < 1.29 is 9.59 Å². The Bertz CT molecular complexity index is 775. The monoisotopic (exact) mass is 291 g/mol. The van der Waals surface area contributed by atoms with Gasteiger partial charge in [-0.2, -0.15) is 5.26 Å². The van der Waals surface area contributed by atoms with E-state index in [9.17, 15) is 9.59 Å². The van der Waals surface area contributed by atoms with Crippen LogP contribution in [-0.4, -0.2) is 11.8 Å². The summed E-state index contributed by atoms with van der Waals surface area (Å²) in [5, 5.41) is 11.1. The fraction of sp³-hybridized carbons (Fsp3) is 0.118. The summed E-state index contributed by atoms with van der Waals surface area (Å²) in [6, 6.07) is 16.4. The van der Waals surface area contributed by atoms with Crippen molar-refractivity contribution in [2.75, 3.05) is 10.2 Å². The fourth-order valence-corrected chi connectivity index (χ4v) is 2.46. The maximum atomic E-state index is 12.4. The van der Waals surface area contributed by atoms with Crippen LogP contribution in [0.2, 0.25) is 0 Å². The third-order valence-corrected chi connectivity index (χ3v) is 3.52. The van der Waals surface area contributed by atoms with Crippen LogP contribution in [0, 0.1) is 11.3 Å². The van der Waals surface area contributed by atoms with Gasteiger partial charge in [-0.05, 0) is 35.9 Å².